The molecule has 1 aliphatic rings. The standard InChI is InChI=1S/C31H38N4O2S/c36-38(37,29-15-5-2-6-16-29)35-25-27(30-17-7-8-18-31(30)35)24-34(23-26-12-11-19-32-22-26)21-10-9-20-33-28-13-3-1-4-14-28/h2,5-8,11-12,15-19,22,25,28,33H,1,3-4,9-10,13-14,20-21,23-24H2. The van der Waals surface area contributed by atoms with E-state index in [2.05, 4.69) is 21.3 Å². The molecule has 2 aromatic heterocycles. The van der Waals surface area contributed by atoms with Gasteiger partial charge in [-0.2, -0.15) is 0 Å². The van der Waals surface area contributed by atoms with Crippen LogP contribution in [0.4, 0.5) is 0 Å². The molecule has 1 saturated carbocycles. The summed E-state index contributed by atoms with van der Waals surface area (Å²) in [6.45, 7) is 3.43. The Morgan fingerprint density at radius 2 is 1.68 bits per heavy atom. The number of hydrogen-bond acceptors (Lipinski definition) is 5. The zero-order valence-electron chi connectivity index (χ0n) is 22.0. The van der Waals surface area contributed by atoms with Crippen molar-refractivity contribution < 1.29 is 8.42 Å². The SMILES string of the molecule is O=S(=O)(c1ccccc1)n1cc(CN(CCCCNC2CCCCC2)Cc2cccnc2)c2ccccc21. The number of benzene rings is 2. The van der Waals surface area contributed by atoms with Crippen LogP contribution in [0.3, 0.4) is 0 Å². The van der Waals surface area contributed by atoms with Crippen LogP contribution in [0.1, 0.15) is 56.1 Å². The summed E-state index contributed by atoms with van der Waals surface area (Å²) in [6.07, 6.45) is 14.4. The van der Waals surface area contributed by atoms with E-state index < -0.39 is 10.0 Å². The van der Waals surface area contributed by atoms with E-state index in [0.717, 1.165) is 49.0 Å². The maximum Gasteiger partial charge on any atom is 0.268 e. The third-order valence-electron chi connectivity index (χ3n) is 7.52. The molecule has 0 bridgehead atoms. The van der Waals surface area contributed by atoms with E-state index in [1.807, 2.05) is 48.8 Å². The normalized spacial score (nSPS) is 14.9. The lowest BCUT2D eigenvalue weighted by molar-refractivity contribution is 0.250. The molecule has 1 fully saturated rings. The van der Waals surface area contributed by atoms with Gasteiger partial charge in [-0.3, -0.25) is 9.88 Å². The van der Waals surface area contributed by atoms with Crippen molar-refractivity contribution >= 4 is 20.9 Å². The zero-order chi connectivity index (χ0) is 26.2. The molecule has 0 amide bonds. The molecule has 0 saturated heterocycles. The Bertz CT molecular complexity index is 1400. The average molecular weight is 531 g/mol. The lowest BCUT2D eigenvalue weighted by atomic mass is 9.95. The Morgan fingerprint density at radius 1 is 0.895 bits per heavy atom. The molecular weight excluding hydrogens is 492 g/mol. The Labute approximate surface area is 226 Å². The summed E-state index contributed by atoms with van der Waals surface area (Å²) in [4.78, 5) is 7.02. The van der Waals surface area contributed by atoms with Gasteiger partial charge in [-0.1, -0.05) is 61.7 Å². The highest BCUT2D eigenvalue weighted by Gasteiger charge is 2.22. The Hall–Kier alpha value is -3.00. The first-order valence-corrected chi connectivity index (χ1v) is 15.3. The summed E-state index contributed by atoms with van der Waals surface area (Å²) in [5.41, 5.74) is 2.89. The summed E-state index contributed by atoms with van der Waals surface area (Å²) < 4.78 is 28.5. The van der Waals surface area contributed by atoms with E-state index in [4.69, 9.17) is 0 Å². The monoisotopic (exact) mass is 530 g/mol. The Kier molecular flexibility index (Phi) is 8.89. The van der Waals surface area contributed by atoms with Crippen molar-refractivity contribution in [3.63, 3.8) is 0 Å². The minimum atomic E-state index is -3.69. The molecule has 1 N–H and O–H groups in total. The summed E-state index contributed by atoms with van der Waals surface area (Å²) >= 11 is 0. The number of nitrogens with one attached hydrogen (secondary N) is 1. The first-order valence-electron chi connectivity index (χ1n) is 13.9. The van der Waals surface area contributed by atoms with Gasteiger partial charge in [-0.25, -0.2) is 12.4 Å². The maximum atomic E-state index is 13.5. The fraction of sp³-hybridized carbons (Fsp3) is 0.387. The van der Waals surface area contributed by atoms with Gasteiger partial charge in [0.25, 0.3) is 10.0 Å². The van der Waals surface area contributed by atoms with Gasteiger partial charge in [-0.15, -0.1) is 0 Å². The molecule has 38 heavy (non-hydrogen) atoms. The van der Waals surface area contributed by atoms with Crippen LogP contribution >= 0.6 is 0 Å². The van der Waals surface area contributed by atoms with Gasteiger partial charge >= 0.3 is 0 Å². The van der Waals surface area contributed by atoms with E-state index in [-0.39, 0.29) is 0 Å². The quantitative estimate of drug-likeness (QED) is 0.228. The fourth-order valence-corrected chi connectivity index (χ4v) is 6.94. The molecule has 2 heterocycles. The number of para-hydroxylation sites is 1. The summed E-state index contributed by atoms with van der Waals surface area (Å²) in [5, 5.41) is 4.73. The summed E-state index contributed by atoms with van der Waals surface area (Å²) in [7, 11) is -3.69. The first-order chi connectivity index (χ1) is 18.6. The lowest BCUT2D eigenvalue weighted by Crippen LogP contribution is -2.32. The smallest absolute Gasteiger partial charge is 0.268 e. The highest BCUT2D eigenvalue weighted by molar-refractivity contribution is 7.90. The fourth-order valence-electron chi connectivity index (χ4n) is 5.53. The maximum absolute atomic E-state index is 13.5. The highest BCUT2D eigenvalue weighted by atomic mass is 32.2. The van der Waals surface area contributed by atoms with Crippen LogP contribution in [-0.2, 0) is 23.1 Å². The molecule has 0 atom stereocenters. The highest BCUT2D eigenvalue weighted by Crippen LogP contribution is 2.27. The molecule has 200 valence electrons. The topological polar surface area (TPSA) is 67.2 Å². The van der Waals surface area contributed by atoms with Crippen LogP contribution in [0.15, 0.2) is 90.2 Å². The van der Waals surface area contributed by atoms with Crippen molar-refractivity contribution in [1.82, 2.24) is 19.2 Å². The second-order valence-corrected chi connectivity index (χ2v) is 12.2. The summed E-state index contributed by atoms with van der Waals surface area (Å²) in [5.74, 6) is 0. The van der Waals surface area contributed by atoms with Crippen molar-refractivity contribution in [3.8, 4) is 0 Å². The molecule has 0 spiro atoms. The van der Waals surface area contributed by atoms with Gasteiger partial charge in [0, 0.05) is 43.1 Å². The molecular formula is C31H38N4O2S. The zero-order valence-corrected chi connectivity index (χ0v) is 22.8. The van der Waals surface area contributed by atoms with Gasteiger partial charge in [0.15, 0.2) is 0 Å². The predicted octanol–water partition coefficient (Wildman–Crippen LogP) is 5.98. The molecule has 1 aliphatic carbocycles. The lowest BCUT2D eigenvalue weighted by Gasteiger charge is -2.24. The minimum absolute atomic E-state index is 0.296. The van der Waals surface area contributed by atoms with Crippen molar-refractivity contribution in [1.29, 1.82) is 0 Å². The van der Waals surface area contributed by atoms with Crippen molar-refractivity contribution in [3.05, 3.63) is 96.4 Å². The van der Waals surface area contributed by atoms with Crippen LogP contribution < -0.4 is 5.32 Å². The molecule has 2 aromatic carbocycles. The third-order valence-corrected chi connectivity index (χ3v) is 9.21. The summed E-state index contributed by atoms with van der Waals surface area (Å²) in [6, 6.07) is 21.2. The van der Waals surface area contributed by atoms with E-state index in [9.17, 15) is 8.42 Å². The van der Waals surface area contributed by atoms with Gasteiger partial charge in [0.2, 0.25) is 0 Å². The Balaban J connectivity index is 1.33. The van der Waals surface area contributed by atoms with Crippen molar-refractivity contribution in [2.75, 3.05) is 13.1 Å². The van der Waals surface area contributed by atoms with Gasteiger partial charge < -0.3 is 5.32 Å². The number of aromatic nitrogens is 2. The molecule has 5 rings (SSSR count). The van der Waals surface area contributed by atoms with E-state index in [1.54, 1.807) is 30.5 Å². The van der Waals surface area contributed by atoms with Crippen LogP contribution in [-0.4, -0.2) is 41.4 Å². The van der Waals surface area contributed by atoms with Crippen LogP contribution in [0.25, 0.3) is 10.9 Å². The molecule has 4 aromatic rings. The van der Waals surface area contributed by atoms with Crippen molar-refractivity contribution in [2.45, 2.75) is 69.0 Å². The van der Waals surface area contributed by atoms with E-state index in [0.29, 0.717) is 23.0 Å². The molecule has 6 nitrogen and oxygen atoms in total. The number of pyridine rings is 1. The third kappa shape index (κ3) is 6.52. The van der Waals surface area contributed by atoms with Gasteiger partial charge in [0.05, 0.1) is 10.4 Å². The molecule has 7 heteroatoms. The minimum Gasteiger partial charge on any atom is -0.314 e. The van der Waals surface area contributed by atoms with Crippen LogP contribution in [0, 0.1) is 0 Å². The van der Waals surface area contributed by atoms with Crippen LogP contribution in [0.2, 0.25) is 0 Å². The van der Waals surface area contributed by atoms with E-state index in [1.165, 1.54) is 36.1 Å². The molecule has 0 radical (unpaired) electrons. The predicted molar refractivity (Wildman–Crippen MR) is 153 cm³/mol. The second-order valence-electron chi connectivity index (χ2n) is 10.4. The largest absolute Gasteiger partial charge is 0.314 e. The second kappa shape index (κ2) is 12.7. The Morgan fingerprint density at radius 3 is 2.47 bits per heavy atom. The molecule has 0 aliphatic heterocycles. The number of hydrogen-bond donors (Lipinski definition) is 1. The number of rotatable bonds is 12. The van der Waals surface area contributed by atoms with Gasteiger partial charge in [-0.05, 0) is 74.2 Å². The van der Waals surface area contributed by atoms with Gasteiger partial charge in [0.1, 0.15) is 0 Å². The molecule has 0 unspecified atom stereocenters. The average Bonchev–Trinajstić information content (AvgIpc) is 3.33. The first kappa shape index (κ1) is 26.6. The van der Waals surface area contributed by atoms with Crippen molar-refractivity contribution in [2.24, 2.45) is 0 Å². The number of unbranched alkanes of at least 4 members (excludes halogenated alkanes) is 1. The van der Waals surface area contributed by atoms with E-state index >= 15 is 0 Å². The van der Waals surface area contributed by atoms with Crippen LogP contribution in [0.5, 0.6) is 0 Å². The number of fused-ring (bicyclic) bond motifs is 1. The number of nitrogens with zero attached hydrogens (tertiary/aromatic N) is 3.